The molecule has 1 fully saturated rings. The quantitative estimate of drug-likeness (QED) is 0.798. The lowest BCUT2D eigenvalue weighted by Crippen LogP contribution is -2.28. The van der Waals surface area contributed by atoms with E-state index in [9.17, 15) is 4.39 Å². The average Bonchev–Trinajstić information content (AvgIpc) is 2.64. The zero-order valence-corrected chi connectivity index (χ0v) is 8.86. The highest BCUT2D eigenvalue weighted by atomic mass is 19.1. The maximum atomic E-state index is 13.0. The largest absolute Gasteiger partial charge is 0.326 e. The van der Waals surface area contributed by atoms with Gasteiger partial charge in [-0.2, -0.15) is 0 Å². The molecule has 2 rings (SSSR count). The smallest absolute Gasteiger partial charge is 0.141 e. The van der Waals surface area contributed by atoms with Crippen molar-refractivity contribution in [1.29, 1.82) is 0 Å². The summed E-state index contributed by atoms with van der Waals surface area (Å²) in [5.74, 6) is -0.275. The zero-order valence-electron chi connectivity index (χ0n) is 8.86. The van der Waals surface area contributed by atoms with Crippen molar-refractivity contribution in [3.8, 4) is 0 Å². The fraction of sp³-hybridized carbons (Fsp3) is 0.545. The molecule has 0 spiro atoms. The van der Waals surface area contributed by atoms with Crippen LogP contribution in [-0.4, -0.2) is 29.0 Å². The number of nitrogens with two attached hydrogens (primary N) is 1. The van der Waals surface area contributed by atoms with Crippen LogP contribution in [0.5, 0.6) is 0 Å². The minimum absolute atomic E-state index is 0.196. The number of nitrogens with zero attached hydrogens (tertiary/aromatic N) is 2. The van der Waals surface area contributed by atoms with Gasteiger partial charge in [0.2, 0.25) is 0 Å². The number of aromatic nitrogens is 1. The Hall–Kier alpha value is -1.00. The number of pyridine rings is 1. The first-order valence-electron chi connectivity index (χ1n) is 5.27. The first-order chi connectivity index (χ1) is 7.16. The monoisotopic (exact) mass is 209 g/mol. The third kappa shape index (κ3) is 2.33. The van der Waals surface area contributed by atoms with E-state index in [0.717, 1.165) is 25.1 Å². The lowest BCUT2D eigenvalue weighted by Gasteiger charge is -2.23. The van der Waals surface area contributed by atoms with Crippen LogP contribution in [0.25, 0.3) is 0 Å². The van der Waals surface area contributed by atoms with E-state index in [1.54, 1.807) is 12.3 Å². The van der Waals surface area contributed by atoms with Gasteiger partial charge in [0.25, 0.3) is 0 Å². The highest BCUT2D eigenvalue weighted by Crippen LogP contribution is 2.23. The molecule has 0 radical (unpaired) electrons. The van der Waals surface area contributed by atoms with E-state index in [2.05, 4.69) is 16.8 Å². The lowest BCUT2D eigenvalue weighted by atomic mass is 10.1. The molecule has 0 aromatic carbocycles. The van der Waals surface area contributed by atoms with Gasteiger partial charge in [0.05, 0.1) is 6.20 Å². The summed E-state index contributed by atoms with van der Waals surface area (Å²) >= 11 is 0. The number of halogens is 1. The van der Waals surface area contributed by atoms with E-state index in [1.807, 2.05) is 0 Å². The Balaban J connectivity index is 2.10. The average molecular weight is 209 g/mol. The molecule has 0 saturated carbocycles. The summed E-state index contributed by atoms with van der Waals surface area (Å²) in [6, 6.07) is 2.00. The molecule has 2 atom stereocenters. The number of likely N-dealkylation sites (tertiary alicyclic amines) is 1. The van der Waals surface area contributed by atoms with Gasteiger partial charge in [0, 0.05) is 31.4 Å². The van der Waals surface area contributed by atoms with E-state index in [-0.39, 0.29) is 17.9 Å². The summed E-state index contributed by atoms with van der Waals surface area (Å²) in [5.41, 5.74) is 6.76. The van der Waals surface area contributed by atoms with Crippen LogP contribution in [0.1, 0.15) is 24.9 Å². The molecular formula is C11H16FN3. The van der Waals surface area contributed by atoms with Gasteiger partial charge in [0.1, 0.15) is 5.82 Å². The van der Waals surface area contributed by atoms with Gasteiger partial charge in [-0.05, 0) is 25.0 Å². The standard InChI is InChI=1S/C11H16FN3/c1-8(15-3-2-11(13)7-15)9-4-10(12)6-14-5-9/h4-6,8,11H,2-3,7,13H2,1H3. The summed E-state index contributed by atoms with van der Waals surface area (Å²) in [4.78, 5) is 6.13. The van der Waals surface area contributed by atoms with Crippen molar-refractivity contribution in [2.24, 2.45) is 5.73 Å². The van der Waals surface area contributed by atoms with Crippen LogP contribution < -0.4 is 5.73 Å². The van der Waals surface area contributed by atoms with Crippen LogP contribution in [0.3, 0.4) is 0 Å². The normalized spacial score (nSPS) is 24.3. The molecule has 1 aromatic heterocycles. The van der Waals surface area contributed by atoms with E-state index in [4.69, 9.17) is 5.73 Å². The molecule has 3 nitrogen and oxygen atoms in total. The van der Waals surface area contributed by atoms with Gasteiger partial charge in [-0.15, -0.1) is 0 Å². The second-order valence-electron chi connectivity index (χ2n) is 4.16. The molecule has 1 aliphatic heterocycles. The predicted octanol–water partition coefficient (Wildman–Crippen LogP) is 1.31. The van der Waals surface area contributed by atoms with Crippen LogP contribution in [-0.2, 0) is 0 Å². The summed E-state index contributed by atoms with van der Waals surface area (Å²) in [6.07, 6.45) is 3.97. The van der Waals surface area contributed by atoms with Crippen LogP contribution in [0.15, 0.2) is 18.5 Å². The first-order valence-corrected chi connectivity index (χ1v) is 5.27. The second kappa shape index (κ2) is 4.24. The van der Waals surface area contributed by atoms with Gasteiger partial charge >= 0.3 is 0 Å². The van der Waals surface area contributed by atoms with Crippen LogP contribution in [0.4, 0.5) is 4.39 Å². The molecule has 1 saturated heterocycles. The molecule has 0 aliphatic carbocycles. The highest BCUT2D eigenvalue weighted by Gasteiger charge is 2.24. The predicted molar refractivity (Wildman–Crippen MR) is 56.8 cm³/mol. The maximum absolute atomic E-state index is 13.0. The highest BCUT2D eigenvalue weighted by molar-refractivity contribution is 5.15. The summed E-state index contributed by atoms with van der Waals surface area (Å²) in [5, 5.41) is 0. The summed E-state index contributed by atoms with van der Waals surface area (Å²) in [7, 11) is 0. The van der Waals surface area contributed by atoms with Gasteiger partial charge in [-0.1, -0.05) is 0 Å². The Morgan fingerprint density at radius 2 is 2.40 bits per heavy atom. The Morgan fingerprint density at radius 3 is 3.00 bits per heavy atom. The van der Waals surface area contributed by atoms with Crippen LogP contribution in [0, 0.1) is 5.82 Å². The summed E-state index contributed by atoms with van der Waals surface area (Å²) < 4.78 is 13.0. The molecule has 1 aliphatic rings. The number of hydrogen-bond donors (Lipinski definition) is 1. The van der Waals surface area contributed by atoms with E-state index < -0.39 is 0 Å². The van der Waals surface area contributed by atoms with Gasteiger partial charge in [0.15, 0.2) is 0 Å². The fourth-order valence-corrected chi connectivity index (χ4v) is 2.03. The van der Waals surface area contributed by atoms with Gasteiger partial charge in [-0.3, -0.25) is 9.88 Å². The van der Waals surface area contributed by atoms with Crippen molar-refractivity contribution in [1.82, 2.24) is 9.88 Å². The molecule has 2 N–H and O–H groups in total. The minimum atomic E-state index is -0.275. The SMILES string of the molecule is CC(c1cncc(F)c1)N1CCC(N)C1. The van der Waals surface area contributed by atoms with E-state index >= 15 is 0 Å². The molecule has 2 heterocycles. The Morgan fingerprint density at radius 1 is 1.60 bits per heavy atom. The molecule has 0 bridgehead atoms. The van der Waals surface area contributed by atoms with Crippen molar-refractivity contribution in [3.63, 3.8) is 0 Å². The van der Waals surface area contributed by atoms with Crippen LogP contribution >= 0.6 is 0 Å². The molecule has 82 valence electrons. The molecule has 1 aromatic rings. The fourth-order valence-electron chi connectivity index (χ4n) is 2.03. The Kier molecular flexibility index (Phi) is 2.98. The van der Waals surface area contributed by atoms with E-state index in [0.29, 0.717) is 0 Å². The lowest BCUT2D eigenvalue weighted by molar-refractivity contribution is 0.259. The Bertz CT molecular complexity index is 342. The maximum Gasteiger partial charge on any atom is 0.141 e. The van der Waals surface area contributed by atoms with Crippen molar-refractivity contribution in [2.75, 3.05) is 13.1 Å². The Labute approximate surface area is 89.1 Å². The minimum Gasteiger partial charge on any atom is -0.326 e. The van der Waals surface area contributed by atoms with Crippen molar-refractivity contribution >= 4 is 0 Å². The molecule has 15 heavy (non-hydrogen) atoms. The summed E-state index contributed by atoms with van der Waals surface area (Å²) in [6.45, 7) is 3.94. The van der Waals surface area contributed by atoms with Crippen molar-refractivity contribution < 1.29 is 4.39 Å². The molecule has 0 amide bonds. The van der Waals surface area contributed by atoms with Crippen molar-refractivity contribution in [3.05, 3.63) is 29.8 Å². The van der Waals surface area contributed by atoms with Gasteiger partial charge in [-0.25, -0.2) is 4.39 Å². The number of hydrogen-bond acceptors (Lipinski definition) is 3. The third-order valence-electron chi connectivity index (χ3n) is 3.01. The van der Waals surface area contributed by atoms with Crippen molar-refractivity contribution in [2.45, 2.75) is 25.4 Å². The zero-order chi connectivity index (χ0) is 10.8. The number of rotatable bonds is 2. The molecule has 2 unspecified atom stereocenters. The van der Waals surface area contributed by atoms with Gasteiger partial charge < -0.3 is 5.73 Å². The van der Waals surface area contributed by atoms with E-state index in [1.165, 1.54) is 6.20 Å². The molecular weight excluding hydrogens is 193 g/mol. The third-order valence-corrected chi connectivity index (χ3v) is 3.01. The topological polar surface area (TPSA) is 42.2 Å². The molecule has 4 heteroatoms. The second-order valence-corrected chi connectivity index (χ2v) is 4.16. The first kappa shape index (κ1) is 10.5. The van der Waals surface area contributed by atoms with Crippen LogP contribution in [0.2, 0.25) is 0 Å².